The predicted octanol–water partition coefficient (Wildman–Crippen LogP) is 2.02. The minimum Gasteiger partial charge on any atom is -0.355 e. The largest absolute Gasteiger partial charge is 0.355 e. The van der Waals surface area contributed by atoms with Crippen molar-refractivity contribution < 1.29 is 9.59 Å². The Morgan fingerprint density at radius 1 is 1.44 bits per heavy atom. The van der Waals surface area contributed by atoms with E-state index in [2.05, 4.69) is 20.5 Å². The van der Waals surface area contributed by atoms with Crippen molar-refractivity contribution in [1.29, 1.82) is 0 Å². The number of hydrogen-bond donors (Lipinski definition) is 2. The highest BCUT2D eigenvalue weighted by atomic mass is 32.1. The van der Waals surface area contributed by atoms with Gasteiger partial charge in [0.05, 0.1) is 17.2 Å². The van der Waals surface area contributed by atoms with Crippen LogP contribution in [0.15, 0.2) is 22.3 Å². The van der Waals surface area contributed by atoms with Crippen molar-refractivity contribution in [1.82, 2.24) is 20.5 Å². The van der Waals surface area contributed by atoms with Crippen molar-refractivity contribution in [3.8, 4) is 0 Å². The zero-order valence-electron chi connectivity index (χ0n) is 14.3. The molecule has 2 aromatic heterocycles. The van der Waals surface area contributed by atoms with Gasteiger partial charge in [-0.2, -0.15) is 11.3 Å². The lowest BCUT2D eigenvalue weighted by Crippen LogP contribution is -2.42. The fourth-order valence-corrected chi connectivity index (χ4v) is 4.51. The maximum absolute atomic E-state index is 12.5. The molecule has 6 nitrogen and oxygen atoms in total. The molecule has 1 saturated heterocycles. The average molecular weight is 379 g/mol. The zero-order valence-corrected chi connectivity index (χ0v) is 16.0. The number of aryl methyl sites for hydroxylation is 1. The van der Waals surface area contributed by atoms with Gasteiger partial charge in [-0.25, -0.2) is 4.98 Å². The van der Waals surface area contributed by atoms with E-state index in [9.17, 15) is 9.59 Å². The zero-order chi connectivity index (χ0) is 17.8. The van der Waals surface area contributed by atoms with Gasteiger partial charge < -0.3 is 10.6 Å². The highest BCUT2D eigenvalue weighted by molar-refractivity contribution is 7.09. The van der Waals surface area contributed by atoms with Gasteiger partial charge in [-0.1, -0.05) is 0 Å². The van der Waals surface area contributed by atoms with Crippen LogP contribution >= 0.6 is 22.7 Å². The van der Waals surface area contributed by atoms with E-state index >= 15 is 0 Å². The average Bonchev–Trinajstić information content (AvgIpc) is 3.30. The predicted molar refractivity (Wildman–Crippen MR) is 99.9 cm³/mol. The summed E-state index contributed by atoms with van der Waals surface area (Å²) in [4.78, 5) is 32.4. The fourth-order valence-electron chi connectivity index (χ4n) is 3.07. The fraction of sp³-hybridized carbons (Fsp3) is 0.471. The third-order valence-corrected chi connectivity index (χ3v) is 5.97. The van der Waals surface area contributed by atoms with Crippen LogP contribution in [0.3, 0.4) is 0 Å². The number of hydrogen-bond acceptors (Lipinski definition) is 6. The summed E-state index contributed by atoms with van der Waals surface area (Å²) < 4.78 is 0. The molecule has 0 unspecified atom stereocenters. The monoisotopic (exact) mass is 378 g/mol. The smallest absolute Gasteiger partial charge is 0.252 e. The lowest BCUT2D eigenvalue weighted by Gasteiger charge is -2.22. The van der Waals surface area contributed by atoms with Crippen LogP contribution in [0.4, 0.5) is 0 Å². The Labute approximate surface area is 155 Å². The number of nitrogens with one attached hydrogen (secondary N) is 2. The second-order valence-electron chi connectivity index (χ2n) is 6.12. The molecule has 0 bridgehead atoms. The number of aromatic nitrogens is 1. The van der Waals surface area contributed by atoms with E-state index in [1.807, 2.05) is 36.2 Å². The van der Waals surface area contributed by atoms with E-state index in [-0.39, 0.29) is 23.9 Å². The number of amides is 2. The summed E-state index contributed by atoms with van der Waals surface area (Å²) in [6, 6.07) is 1.55. The van der Waals surface area contributed by atoms with E-state index < -0.39 is 0 Å². The van der Waals surface area contributed by atoms with Gasteiger partial charge in [-0.15, -0.1) is 11.3 Å². The minimum absolute atomic E-state index is 0.0250. The number of rotatable bonds is 6. The quantitative estimate of drug-likeness (QED) is 0.807. The summed E-state index contributed by atoms with van der Waals surface area (Å²) in [5.74, 6) is -0.0475. The van der Waals surface area contributed by atoms with Crippen molar-refractivity contribution in [2.24, 2.45) is 0 Å². The standard InChI is InChI=1S/C17H22N4O2S2/c1-3-18-17(23)14-6-13(20-16(22)12-4-5-24-9-12)7-21(14)8-15-11(2)19-10-25-15/h4-5,9-10,13-14H,3,6-8H2,1-2H3,(H,18,23)(H,20,22)/t13-,14-/m0/s1. The molecule has 2 atom stereocenters. The van der Waals surface area contributed by atoms with Gasteiger partial charge in [0.2, 0.25) is 5.91 Å². The Morgan fingerprint density at radius 2 is 2.28 bits per heavy atom. The molecule has 1 aliphatic rings. The molecule has 3 rings (SSSR count). The number of thiazole rings is 1. The first-order chi connectivity index (χ1) is 12.1. The first-order valence-electron chi connectivity index (χ1n) is 8.32. The van der Waals surface area contributed by atoms with Crippen LogP contribution < -0.4 is 10.6 Å². The van der Waals surface area contributed by atoms with Crippen LogP contribution in [0.2, 0.25) is 0 Å². The van der Waals surface area contributed by atoms with Gasteiger partial charge in [0.25, 0.3) is 5.91 Å². The number of carbonyl (C=O) groups is 2. The lowest BCUT2D eigenvalue weighted by atomic mass is 10.1. The van der Waals surface area contributed by atoms with Crippen molar-refractivity contribution in [3.63, 3.8) is 0 Å². The molecule has 2 N–H and O–H groups in total. The topological polar surface area (TPSA) is 74.3 Å². The van der Waals surface area contributed by atoms with Crippen LogP contribution in [-0.4, -0.2) is 46.9 Å². The number of thiophene rings is 1. The number of carbonyl (C=O) groups excluding carboxylic acids is 2. The van der Waals surface area contributed by atoms with Crippen LogP contribution in [0.25, 0.3) is 0 Å². The van der Waals surface area contributed by atoms with Gasteiger partial charge in [-0.3, -0.25) is 14.5 Å². The summed E-state index contributed by atoms with van der Waals surface area (Å²) >= 11 is 3.11. The molecule has 0 saturated carbocycles. The Hall–Kier alpha value is -1.77. The van der Waals surface area contributed by atoms with E-state index in [0.717, 1.165) is 5.69 Å². The Kier molecular flexibility index (Phi) is 5.82. The molecule has 134 valence electrons. The Balaban J connectivity index is 1.69. The molecule has 8 heteroatoms. The maximum Gasteiger partial charge on any atom is 0.252 e. The molecule has 0 aliphatic carbocycles. The second-order valence-corrected chi connectivity index (χ2v) is 7.84. The van der Waals surface area contributed by atoms with Crippen molar-refractivity contribution >= 4 is 34.5 Å². The molecule has 25 heavy (non-hydrogen) atoms. The lowest BCUT2D eigenvalue weighted by molar-refractivity contribution is -0.125. The first kappa shape index (κ1) is 18.0. The minimum atomic E-state index is -0.228. The van der Waals surface area contributed by atoms with E-state index in [1.54, 1.807) is 11.3 Å². The molecule has 1 aliphatic heterocycles. The number of nitrogens with zero attached hydrogens (tertiary/aromatic N) is 2. The molecule has 0 aromatic carbocycles. The summed E-state index contributed by atoms with van der Waals surface area (Å²) in [7, 11) is 0. The van der Waals surface area contributed by atoms with Crippen LogP contribution in [-0.2, 0) is 11.3 Å². The molecule has 1 fully saturated rings. The van der Waals surface area contributed by atoms with Gasteiger partial charge in [-0.05, 0) is 31.7 Å². The Morgan fingerprint density at radius 3 is 2.92 bits per heavy atom. The SMILES string of the molecule is CCNC(=O)[C@@H]1C[C@H](NC(=O)c2ccsc2)CN1Cc1scnc1C. The summed E-state index contributed by atoms with van der Waals surface area (Å²) in [6.07, 6.45) is 0.625. The van der Waals surface area contributed by atoms with E-state index in [0.29, 0.717) is 31.6 Å². The highest BCUT2D eigenvalue weighted by Gasteiger charge is 2.37. The third kappa shape index (κ3) is 4.26. The molecule has 2 amide bonds. The van der Waals surface area contributed by atoms with E-state index in [1.165, 1.54) is 16.2 Å². The normalized spacial score (nSPS) is 20.6. The second kappa shape index (κ2) is 8.07. The van der Waals surface area contributed by atoms with E-state index in [4.69, 9.17) is 0 Å². The molecule has 2 aromatic rings. The van der Waals surface area contributed by atoms with Gasteiger partial charge >= 0.3 is 0 Å². The molecular formula is C17H22N4O2S2. The summed E-state index contributed by atoms with van der Waals surface area (Å²) in [6.45, 7) is 5.85. The maximum atomic E-state index is 12.5. The van der Waals surface area contributed by atoms with Crippen LogP contribution in [0.1, 0.15) is 34.3 Å². The molecule has 0 spiro atoms. The summed E-state index contributed by atoms with van der Waals surface area (Å²) in [5.41, 5.74) is 3.51. The number of likely N-dealkylation sites (tertiary alicyclic amines) is 1. The van der Waals surface area contributed by atoms with Gasteiger partial charge in [0.15, 0.2) is 0 Å². The number of likely N-dealkylation sites (N-methyl/N-ethyl adjacent to an activating group) is 1. The van der Waals surface area contributed by atoms with Crippen molar-refractivity contribution in [2.75, 3.05) is 13.1 Å². The summed E-state index contributed by atoms with van der Waals surface area (Å²) in [5, 5.41) is 9.70. The van der Waals surface area contributed by atoms with Gasteiger partial charge in [0.1, 0.15) is 0 Å². The highest BCUT2D eigenvalue weighted by Crippen LogP contribution is 2.24. The van der Waals surface area contributed by atoms with Crippen molar-refractivity contribution in [2.45, 2.75) is 38.9 Å². The third-order valence-electron chi connectivity index (χ3n) is 4.37. The first-order valence-corrected chi connectivity index (χ1v) is 10.1. The van der Waals surface area contributed by atoms with Crippen LogP contribution in [0.5, 0.6) is 0 Å². The van der Waals surface area contributed by atoms with Gasteiger partial charge in [0, 0.05) is 41.5 Å². The van der Waals surface area contributed by atoms with Crippen molar-refractivity contribution in [3.05, 3.63) is 38.5 Å². The Bertz CT molecular complexity index is 729. The molecule has 3 heterocycles. The molecular weight excluding hydrogens is 356 g/mol. The molecule has 0 radical (unpaired) electrons. The van der Waals surface area contributed by atoms with Crippen LogP contribution in [0, 0.1) is 6.92 Å².